The quantitative estimate of drug-likeness (QED) is 0.0944. The Morgan fingerprint density at radius 2 is 1.12 bits per heavy atom. The third-order valence-corrected chi connectivity index (χ3v) is 6.75. The second-order valence-electron chi connectivity index (χ2n) is 10.6. The topological polar surface area (TPSA) is 41.6 Å². The fourth-order valence-corrected chi connectivity index (χ4v) is 4.51. The van der Waals surface area contributed by atoms with Crippen molar-refractivity contribution in [2.75, 3.05) is 33.7 Å². The number of hydrogen-bond acceptors (Lipinski definition) is 4. The third-order valence-electron chi connectivity index (χ3n) is 6.75. The van der Waals surface area contributed by atoms with Crippen molar-refractivity contribution in [1.29, 1.82) is 0 Å². The van der Waals surface area contributed by atoms with E-state index >= 15 is 0 Å². The van der Waals surface area contributed by atoms with Crippen LogP contribution in [0.15, 0.2) is 0 Å². The molecule has 4 nitrogen and oxygen atoms in total. The summed E-state index contributed by atoms with van der Waals surface area (Å²) in [5.74, 6) is 0.0459. The van der Waals surface area contributed by atoms with Crippen LogP contribution < -0.4 is 5.32 Å². The van der Waals surface area contributed by atoms with E-state index in [4.69, 9.17) is 4.74 Å². The zero-order valence-corrected chi connectivity index (χ0v) is 23.8. The largest absolute Gasteiger partial charge is 0.462 e. The van der Waals surface area contributed by atoms with Gasteiger partial charge in [-0.2, -0.15) is 0 Å². The highest BCUT2D eigenvalue weighted by Gasteiger charge is 2.14. The molecule has 0 unspecified atom stereocenters. The van der Waals surface area contributed by atoms with Crippen molar-refractivity contribution in [3.05, 3.63) is 0 Å². The van der Waals surface area contributed by atoms with Crippen molar-refractivity contribution in [1.82, 2.24) is 10.2 Å². The van der Waals surface area contributed by atoms with E-state index in [-0.39, 0.29) is 12.1 Å². The molecule has 0 aliphatic rings. The predicted octanol–water partition coefficient (Wildman–Crippen LogP) is 8.28. The van der Waals surface area contributed by atoms with Gasteiger partial charge in [0.25, 0.3) is 0 Å². The lowest BCUT2D eigenvalue weighted by Crippen LogP contribution is -2.22. The van der Waals surface area contributed by atoms with E-state index in [9.17, 15) is 4.79 Å². The van der Waals surface area contributed by atoms with E-state index in [0.717, 1.165) is 45.3 Å². The molecule has 0 aromatic carbocycles. The molecular formula is C30H62N2O2. The molecule has 0 saturated carbocycles. The SMILES string of the molecule is CCCCCCCCC(CCCCCCCC)OC(=O)CCCCCCCNCCCN(C)C. The van der Waals surface area contributed by atoms with Crippen LogP contribution in [0.2, 0.25) is 0 Å². The molecule has 204 valence electrons. The lowest BCUT2D eigenvalue weighted by Gasteiger charge is -2.18. The lowest BCUT2D eigenvalue weighted by molar-refractivity contribution is -0.150. The standard InChI is InChI=1S/C30H62N2O2/c1-5-7-9-11-14-18-23-29(24-19-15-12-10-8-6-2)34-30(33)25-20-16-13-17-21-26-31-27-22-28-32(3)4/h29,31H,5-28H2,1-4H3. The van der Waals surface area contributed by atoms with Crippen molar-refractivity contribution in [2.45, 2.75) is 155 Å². The van der Waals surface area contributed by atoms with Crippen LogP contribution in [-0.4, -0.2) is 50.7 Å². The molecule has 0 atom stereocenters. The van der Waals surface area contributed by atoms with Gasteiger partial charge in [-0.15, -0.1) is 0 Å². The Balaban J connectivity index is 3.88. The van der Waals surface area contributed by atoms with Gasteiger partial charge in [-0.25, -0.2) is 0 Å². The Morgan fingerprint density at radius 3 is 1.68 bits per heavy atom. The fraction of sp³-hybridized carbons (Fsp3) is 0.967. The molecule has 34 heavy (non-hydrogen) atoms. The van der Waals surface area contributed by atoms with Crippen LogP contribution >= 0.6 is 0 Å². The maximum Gasteiger partial charge on any atom is 0.306 e. The highest BCUT2D eigenvalue weighted by molar-refractivity contribution is 5.69. The molecule has 0 aliphatic heterocycles. The minimum Gasteiger partial charge on any atom is -0.462 e. The zero-order chi connectivity index (χ0) is 25.1. The van der Waals surface area contributed by atoms with E-state index in [1.54, 1.807) is 0 Å². The van der Waals surface area contributed by atoms with Crippen LogP contribution in [-0.2, 0) is 9.53 Å². The maximum atomic E-state index is 12.4. The highest BCUT2D eigenvalue weighted by atomic mass is 16.5. The summed E-state index contributed by atoms with van der Waals surface area (Å²) in [5.41, 5.74) is 0. The van der Waals surface area contributed by atoms with Crippen molar-refractivity contribution in [3.63, 3.8) is 0 Å². The van der Waals surface area contributed by atoms with E-state index in [2.05, 4.69) is 38.2 Å². The number of hydrogen-bond donors (Lipinski definition) is 1. The molecular weight excluding hydrogens is 420 g/mol. The number of unbranched alkanes of at least 4 members (excludes halogenated alkanes) is 14. The van der Waals surface area contributed by atoms with Gasteiger partial charge in [0.05, 0.1) is 0 Å². The molecule has 4 heteroatoms. The van der Waals surface area contributed by atoms with Gasteiger partial charge in [-0.05, 0) is 78.7 Å². The highest BCUT2D eigenvalue weighted by Crippen LogP contribution is 2.18. The molecule has 0 aromatic heterocycles. The van der Waals surface area contributed by atoms with E-state index in [1.807, 2.05) is 0 Å². The Morgan fingerprint density at radius 1 is 0.647 bits per heavy atom. The van der Waals surface area contributed by atoms with Crippen LogP contribution in [0.5, 0.6) is 0 Å². The van der Waals surface area contributed by atoms with Crippen LogP contribution in [0.1, 0.15) is 149 Å². The fourth-order valence-electron chi connectivity index (χ4n) is 4.51. The Kier molecular flexibility index (Phi) is 26.5. The third kappa shape index (κ3) is 26.0. The number of esters is 1. The van der Waals surface area contributed by atoms with Gasteiger partial charge in [0.15, 0.2) is 0 Å². The molecule has 0 aliphatic carbocycles. The number of nitrogens with one attached hydrogen (secondary N) is 1. The normalized spacial score (nSPS) is 11.6. The molecule has 0 rings (SSSR count). The van der Waals surface area contributed by atoms with Crippen molar-refractivity contribution < 1.29 is 9.53 Å². The predicted molar refractivity (Wildman–Crippen MR) is 150 cm³/mol. The first-order valence-electron chi connectivity index (χ1n) is 15.1. The van der Waals surface area contributed by atoms with Crippen LogP contribution in [0, 0.1) is 0 Å². The molecule has 0 fully saturated rings. The molecule has 0 aromatic rings. The second kappa shape index (κ2) is 27.0. The number of carbonyl (C=O) groups excluding carboxylic acids is 1. The summed E-state index contributed by atoms with van der Waals surface area (Å²) >= 11 is 0. The summed E-state index contributed by atoms with van der Waals surface area (Å²) in [7, 11) is 4.25. The first-order valence-corrected chi connectivity index (χ1v) is 15.1. The average Bonchev–Trinajstić information content (AvgIpc) is 2.81. The minimum absolute atomic E-state index is 0.0459. The van der Waals surface area contributed by atoms with Crippen LogP contribution in [0.25, 0.3) is 0 Å². The molecule has 0 amide bonds. The van der Waals surface area contributed by atoms with Crippen molar-refractivity contribution in [2.24, 2.45) is 0 Å². The molecule has 0 saturated heterocycles. The average molecular weight is 483 g/mol. The van der Waals surface area contributed by atoms with E-state index in [1.165, 1.54) is 103 Å². The summed E-state index contributed by atoms with van der Waals surface area (Å²) in [5, 5.41) is 3.53. The lowest BCUT2D eigenvalue weighted by atomic mass is 10.0. The van der Waals surface area contributed by atoms with Gasteiger partial charge in [0.2, 0.25) is 0 Å². The van der Waals surface area contributed by atoms with Gasteiger partial charge in [-0.1, -0.05) is 97.3 Å². The number of carbonyl (C=O) groups is 1. The number of ether oxygens (including phenoxy) is 1. The Hall–Kier alpha value is -0.610. The van der Waals surface area contributed by atoms with Crippen LogP contribution in [0.4, 0.5) is 0 Å². The van der Waals surface area contributed by atoms with E-state index in [0.29, 0.717) is 6.42 Å². The molecule has 0 spiro atoms. The minimum atomic E-state index is 0.0459. The van der Waals surface area contributed by atoms with Crippen LogP contribution in [0.3, 0.4) is 0 Å². The smallest absolute Gasteiger partial charge is 0.306 e. The molecule has 0 heterocycles. The van der Waals surface area contributed by atoms with Crippen molar-refractivity contribution in [3.8, 4) is 0 Å². The first-order chi connectivity index (χ1) is 16.6. The monoisotopic (exact) mass is 482 g/mol. The van der Waals surface area contributed by atoms with Gasteiger partial charge in [0.1, 0.15) is 6.10 Å². The maximum absolute atomic E-state index is 12.4. The van der Waals surface area contributed by atoms with Gasteiger partial charge in [0, 0.05) is 6.42 Å². The molecule has 1 N–H and O–H groups in total. The van der Waals surface area contributed by atoms with E-state index < -0.39 is 0 Å². The van der Waals surface area contributed by atoms with Gasteiger partial charge in [-0.3, -0.25) is 4.79 Å². The number of nitrogens with zero attached hydrogens (tertiary/aromatic N) is 1. The summed E-state index contributed by atoms with van der Waals surface area (Å²) in [6.45, 7) is 7.92. The summed E-state index contributed by atoms with van der Waals surface area (Å²) < 4.78 is 5.95. The number of rotatable bonds is 27. The molecule has 0 radical (unpaired) electrons. The summed E-state index contributed by atoms with van der Waals surface area (Å²) in [6, 6.07) is 0. The Labute approximate surface area is 214 Å². The second-order valence-corrected chi connectivity index (χ2v) is 10.6. The Bertz CT molecular complexity index is 399. The summed E-state index contributed by atoms with van der Waals surface area (Å²) in [4.78, 5) is 14.7. The van der Waals surface area contributed by atoms with Gasteiger partial charge < -0.3 is 15.0 Å². The van der Waals surface area contributed by atoms with Gasteiger partial charge >= 0.3 is 5.97 Å². The first kappa shape index (κ1) is 33.4. The zero-order valence-electron chi connectivity index (χ0n) is 23.8. The summed E-state index contributed by atoms with van der Waals surface area (Å²) in [6.07, 6.45) is 25.6. The molecule has 0 bridgehead atoms. The van der Waals surface area contributed by atoms with Crippen molar-refractivity contribution >= 4 is 5.97 Å².